The molecule has 1 N–H and O–H groups in total. The Morgan fingerprint density at radius 2 is 2.25 bits per heavy atom. The summed E-state index contributed by atoms with van der Waals surface area (Å²) in [6, 6.07) is 3.69. The van der Waals surface area contributed by atoms with E-state index >= 15 is 0 Å². The average Bonchev–Trinajstić information content (AvgIpc) is 2.82. The second kappa shape index (κ2) is 4.99. The van der Waals surface area contributed by atoms with E-state index in [9.17, 15) is 5.11 Å². The molecule has 4 nitrogen and oxygen atoms in total. The lowest BCUT2D eigenvalue weighted by Crippen LogP contribution is -2.49. The minimum Gasteiger partial charge on any atom is -0.469 e. The van der Waals surface area contributed by atoms with Gasteiger partial charge in [0, 0.05) is 39.6 Å². The molecule has 1 aliphatic heterocycles. The molecule has 0 bridgehead atoms. The van der Waals surface area contributed by atoms with Crippen LogP contribution in [0, 0.1) is 0 Å². The van der Waals surface area contributed by atoms with Crippen molar-refractivity contribution in [1.82, 2.24) is 0 Å². The fourth-order valence-corrected chi connectivity index (χ4v) is 2.20. The van der Waals surface area contributed by atoms with Gasteiger partial charge in [0.15, 0.2) is 0 Å². The highest BCUT2D eigenvalue weighted by molar-refractivity contribution is 5.03. The first-order valence-corrected chi connectivity index (χ1v) is 5.60. The summed E-state index contributed by atoms with van der Waals surface area (Å²) in [5.74, 6) is 0.787. The maximum atomic E-state index is 10.3. The van der Waals surface area contributed by atoms with E-state index in [1.54, 1.807) is 13.4 Å². The standard InChI is InChI=1S/C12H18O4/c1-14-12(4-7-15-8-5-12)11(13)9-10-3-2-6-16-10/h2-3,6,11,13H,4-5,7-9H2,1H3. The van der Waals surface area contributed by atoms with E-state index in [1.807, 2.05) is 12.1 Å². The zero-order chi connectivity index (χ0) is 11.4. The smallest absolute Gasteiger partial charge is 0.106 e. The molecule has 0 spiro atoms. The fourth-order valence-electron chi connectivity index (χ4n) is 2.20. The number of ether oxygens (including phenoxy) is 2. The Hall–Kier alpha value is -0.840. The van der Waals surface area contributed by atoms with Gasteiger partial charge in [-0.15, -0.1) is 0 Å². The van der Waals surface area contributed by atoms with E-state index in [-0.39, 0.29) is 0 Å². The molecule has 0 saturated carbocycles. The molecule has 0 aliphatic carbocycles. The Bertz CT molecular complexity index is 301. The highest BCUT2D eigenvalue weighted by Crippen LogP contribution is 2.30. The fraction of sp³-hybridized carbons (Fsp3) is 0.667. The lowest BCUT2D eigenvalue weighted by molar-refractivity contribution is -0.152. The number of furan rings is 1. The molecule has 1 aliphatic rings. The van der Waals surface area contributed by atoms with E-state index in [1.165, 1.54) is 0 Å². The van der Waals surface area contributed by atoms with Crippen molar-refractivity contribution in [1.29, 1.82) is 0 Å². The summed E-state index contributed by atoms with van der Waals surface area (Å²) in [6.45, 7) is 1.28. The number of hydrogen-bond donors (Lipinski definition) is 1. The van der Waals surface area contributed by atoms with Crippen molar-refractivity contribution in [2.75, 3.05) is 20.3 Å². The van der Waals surface area contributed by atoms with Crippen LogP contribution in [0.3, 0.4) is 0 Å². The SMILES string of the molecule is COC1(C(O)Cc2ccco2)CCOCC1. The van der Waals surface area contributed by atoms with Crippen LogP contribution in [-0.2, 0) is 15.9 Å². The van der Waals surface area contributed by atoms with E-state index in [0.717, 1.165) is 18.6 Å². The van der Waals surface area contributed by atoms with Gasteiger partial charge in [-0.05, 0) is 12.1 Å². The van der Waals surface area contributed by atoms with Gasteiger partial charge < -0.3 is 19.0 Å². The zero-order valence-corrected chi connectivity index (χ0v) is 9.52. The van der Waals surface area contributed by atoms with Crippen LogP contribution < -0.4 is 0 Å². The molecule has 1 aromatic rings. The van der Waals surface area contributed by atoms with E-state index in [4.69, 9.17) is 13.9 Å². The number of hydrogen-bond acceptors (Lipinski definition) is 4. The molecule has 2 rings (SSSR count). The molecule has 1 fully saturated rings. The van der Waals surface area contributed by atoms with Gasteiger partial charge in [0.05, 0.1) is 18.0 Å². The molecule has 1 saturated heterocycles. The summed E-state index contributed by atoms with van der Waals surface area (Å²) in [4.78, 5) is 0. The summed E-state index contributed by atoms with van der Waals surface area (Å²) in [5, 5.41) is 10.3. The molecule has 0 radical (unpaired) electrons. The van der Waals surface area contributed by atoms with Crippen LogP contribution in [-0.4, -0.2) is 37.1 Å². The zero-order valence-electron chi connectivity index (χ0n) is 9.52. The molecule has 1 aromatic heterocycles. The van der Waals surface area contributed by atoms with Crippen LogP contribution in [0.5, 0.6) is 0 Å². The highest BCUT2D eigenvalue weighted by atomic mass is 16.5. The molecule has 1 unspecified atom stereocenters. The predicted molar refractivity (Wildman–Crippen MR) is 58.2 cm³/mol. The van der Waals surface area contributed by atoms with Gasteiger partial charge in [0.2, 0.25) is 0 Å². The lowest BCUT2D eigenvalue weighted by atomic mass is 9.86. The monoisotopic (exact) mass is 226 g/mol. The van der Waals surface area contributed by atoms with Gasteiger partial charge in [0.25, 0.3) is 0 Å². The quantitative estimate of drug-likeness (QED) is 0.842. The van der Waals surface area contributed by atoms with Crippen molar-refractivity contribution in [3.05, 3.63) is 24.2 Å². The van der Waals surface area contributed by atoms with Crippen molar-refractivity contribution in [2.45, 2.75) is 31.0 Å². The summed E-state index contributed by atoms with van der Waals surface area (Å²) in [5.41, 5.74) is -0.481. The molecule has 2 heterocycles. The third kappa shape index (κ3) is 2.29. The van der Waals surface area contributed by atoms with Gasteiger partial charge in [-0.3, -0.25) is 0 Å². The lowest BCUT2D eigenvalue weighted by Gasteiger charge is -2.39. The van der Waals surface area contributed by atoms with Gasteiger partial charge in [0.1, 0.15) is 5.76 Å². The maximum Gasteiger partial charge on any atom is 0.106 e. The topological polar surface area (TPSA) is 51.8 Å². The van der Waals surface area contributed by atoms with Crippen LogP contribution in [0.2, 0.25) is 0 Å². The van der Waals surface area contributed by atoms with E-state index in [2.05, 4.69) is 0 Å². The molecule has 90 valence electrons. The van der Waals surface area contributed by atoms with Crippen LogP contribution in [0.15, 0.2) is 22.8 Å². The number of aliphatic hydroxyl groups excluding tert-OH is 1. The van der Waals surface area contributed by atoms with Crippen LogP contribution >= 0.6 is 0 Å². The molecule has 0 amide bonds. The number of methoxy groups -OCH3 is 1. The third-order valence-corrected chi connectivity index (χ3v) is 3.33. The average molecular weight is 226 g/mol. The van der Waals surface area contributed by atoms with Crippen molar-refractivity contribution in [3.8, 4) is 0 Å². The summed E-state index contributed by atoms with van der Waals surface area (Å²) in [7, 11) is 1.65. The highest BCUT2D eigenvalue weighted by Gasteiger charge is 2.40. The summed E-state index contributed by atoms with van der Waals surface area (Å²) < 4.78 is 16.1. The first kappa shape index (κ1) is 11.6. The largest absolute Gasteiger partial charge is 0.469 e. The van der Waals surface area contributed by atoms with Crippen molar-refractivity contribution >= 4 is 0 Å². The van der Waals surface area contributed by atoms with Crippen molar-refractivity contribution in [2.24, 2.45) is 0 Å². The maximum absolute atomic E-state index is 10.3. The second-order valence-electron chi connectivity index (χ2n) is 4.18. The van der Waals surface area contributed by atoms with Crippen LogP contribution in [0.1, 0.15) is 18.6 Å². The summed E-state index contributed by atoms with van der Waals surface area (Å²) in [6.07, 6.45) is 3.01. The van der Waals surface area contributed by atoms with Crippen LogP contribution in [0.4, 0.5) is 0 Å². The minimum atomic E-state index is -0.549. The van der Waals surface area contributed by atoms with Gasteiger partial charge in [-0.1, -0.05) is 0 Å². The Morgan fingerprint density at radius 1 is 1.50 bits per heavy atom. The van der Waals surface area contributed by atoms with Crippen molar-refractivity contribution < 1.29 is 19.0 Å². The molecule has 16 heavy (non-hydrogen) atoms. The Morgan fingerprint density at radius 3 is 2.81 bits per heavy atom. The Kier molecular flexibility index (Phi) is 3.63. The molecule has 0 aromatic carbocycles. The normalized spacial score (nSPS) is 21.9. The first-order valence-electron chi connectivity index (χ1n) is 5.60. The van der Waals surface area contributed by atoms with Gasteiger partial charge in [-0.2, -0.15) is 0 Å². The predicted octanol–water partition coefficient (Wildman–Crippen LogP) is 1.38. The molecule has 1 atom stereocenters. The molecular formula is C12H18O4. The second-order valence-corrected chi connectivity index (χ2v) is 4.18. The van der Waals surface area contributed by atoms with E-state index < -0.39 is 11.7 Å². The van der Waals surface area contributed by atoms with Gasteiger partial charge >= 0.3 is 0 Å². The number of aliphatic hydroxyl groups is 1. The first-order chi connectivity index (χ1) is 7.77. The number of rotatable bonds is 4. The third-order valence-electron chi connectivity index (χ3n) is 3.33. The summed E-state index contributed by atoms with van der Waals surface area (Å²) >= 11 is 0. The van der Waals surface area contributed by atoms with Gasteiger partial charge in [-0.25, -0.2) is 0 Å². The van der Waals surface area contributed by atoms with Crippen molar-refractivity contribution in [3.63, 3.8) is 0 Å². The molecule has 4 heteroatoms. The Labute approximate surface area is 95.2 Å². The molecular weight excluding hydrogens is 208 g/mol. The van der Waals surface area contributed by atoms with E-state index in [0.29, 0.717) is 19.6 Å². The minimum absolute atomic E-state index is 0.481. The van der Waals surface area contributed by atoms with Crippen LogP contribution in [0.25, 0.3) is 0 Å². The Balaban J connectivity index is 2.02.